The van der Waals surface area contributed by atoms with Crippen LogP contribution in [-0.4, -0.2) is 47.4 Å². The first-order chi connectivity index (χ1) is 13.5. The summed E-state index contributed by atoms with van der Waals surface area (Å²) in [7, 11) is 2.09. The Hall–Kier alpha value is -2.64. The van der Waals surface area contributed by atoms with Crippen molar-refractivity contribution >= 4 is 38.6 Å². The van der Waals surface area contributed by atoms with Gasteiger partial charge in [-0.05, 0) is 55.9 Å². The maximum Gasteiger partial charge on any atom is 0.258 e. The molecule has 0 bridgehead atoms. The van der Waals surface area contributed by atoms with Gasteiger partial charge < -0.3 is 14.7 Å². The molecule has 1 aliphatic heterocycles. The summed E-state index contributed by atoms with van der Waals surface area (Å²) < 4.78 is 6.81. The lowest BCUT2D eigenvalue weighted by atomic mass is 10.1. The molecule has 0 aliphatic carbocycles. The van der Waals surface area contributed by atoms with Gasteiger partial charge in [0.1, 0.15) is 11.9 Å². The van der Waals surface area contributed by atoms with Crippen LogP contribution in [0.3, 0.4) is 0 Å². The summed E-state index contributed by atoms with van der Waals surface area (Å²) in [5, 5.41) is 11.3. The third-order valence-electron chi connectivity index (χ3n) is 4.83. The van der Waals surface area contributed by atoms with Crippen molar-refractivity contribution < 1.29 is 9.84 Å². The van der Waals surface area contributed by atoms with Crippen molar-refractivity contribution in [2.75, 3.05) is 20.1 Å². The average molecular weight is 442 g/mol. The van der Waals surface area contributed by atoms with Crippen LogP contribution < -0.4 is 10.3 Å². The number of nitrogens with zero attached hydrogens (tertiary/aromatic N) is 2. The molecule has 0 amide bonds. The first-order valence-electron chi connectivity index (χ1n) is 9.03. The summed E-state index contributed by atoms with van der Waals surface area (Å²) in [5.41, 5.74) is 0.853. The summed E-state index contributed by atoms with van der Waals surface area (Å²) >= 11 is 3.40. The number of fused-ring (bicyclic) bond motifs is 1. The quantitative estimate of drug-likeness (QED) is 0.603. The Labute approximate surface area is 170 Å². The highest BCUT2D eigenvalue weighted by Gasteiger charge is 2.20. The van der Waals surface area contributed by atoms with E-state index in [-0.39, 0.29) is 17.5 Å². The van der Waals surface area contributed by atoms with Gasteiger partial charge in [-0.25, -0.2) is 0 Å². The molecule has 144 valence electrons. The van der Waals surface area contributed by atoms with E-state index in [1.54, 1.807) is 24.4 Å². The number of aromatic amines is 1. The molecular weight excluding hydrogens is 422 g/mol. The number of benzene rings is 2. The molecule has 0 saturated carbocycles. The summed E-state index contributed by atoms with van der Waals surface area (Å²) in [6, 6.07) is 12.8. The van der Waals surface area contributed by atoms with Crippen molar-refractivity contribution in [1.82, 2.24) is 9.88 Å². The first kappa shape index (κ1) is 18.7. The average Bonchev–Trinajstić information content (AvgIpc) is 3.07. The number of aromatic hydroxyl groups is 1. The van der Waals surface area contributed by atoms with E-state index in [1.165, 1.54) is 0 Å². The van der Waals surface area contributed by atoms with Gasteiger partial charge in [0.05, 0.1) is 11.3 Å². The monoisotopic (exact) mass is 441 g/mol. The third-order valence-corrected chi connectivity index (χ3v) is 5.33. The van der Waals surface area contributed by atoms with Crippen LogP contribution in [0.15, 0.2) is 56.7 Å². The number of nitrogens with one attached hydrogen (secondary N) is 1. The molecule has 2 heterocycles. The molecule has 3 aromatic rings. The van der Waals surface area contributed by atoms with E-state index in [2.05, 4.69) is 37.9 Å². The highest BCUT2D eigenvalue weighted by molar-refractivity contribution is 9.10. The largest absolute Gasteiger partial charge is 0.494 e. The molecule has 2 aromatic carbocycles. The number of ether oxygens (including phenoxy) is 1. The fourth-order valence-corrected chi connectivity index (χ4v) is 3.73. The molecule has 2 N–H and O–H groups in total. The second kappa shape index (κ2) is 7.77. The topological polar surface area (TPSA) is 77.9 Å². The number of halogens is 1. The maximum atomic E-state index is 12.0. The zero-order valence-corrected chi connectivity index (χ0v) is 16.9. The van der Waals surface area contributed by atoms with Crippen molar-refractivity contribution in [2.45, 2.75) is 12.5 Å². The summed E-state index contributed by atoms with van der Waals surface area (Å²) in [5.74, 6) is 0.616. The van der Waals surface area contributed by atoms with Gasteiger partial charge in [-0.1, -0.05) is 15.9 Å². The molecule has 1 saturated heterocycles. The molecule has 1 unspecified atom stereocenters. The molecule has 0 spiro atoms. The lowest BCUT2D eigenvalue weighted by molar-refractivity contribution is 0.208. The predicted molar refractivity (Wildman–Crippen MR) is 114 cm³/mol. The van der Waals surface area contributed by atoms with Crippen LogP contribution in [0.1, 0.15) is 12.0 Å². The second-order valence-corrected chi connectivity index (χ2v) is 7.86. The van der Waals surface area contributed by atoms with Crippen molar-refractivity contribution in [1.29, 1.82) is 0 Å². The second-order valence-electron chi connectivity index (χ2n) is 6.95. The van der Waals surface area contributed by atoms with Crippen molar-refractivity contribution in [3.05, 3.63) is 62.9 Å². The lowest BCUT2D eigenvalue weighted by Crippen LogP contribution is -2.21. The van der Waals surface area contributed by atoms with Gasteiger partial charge in [0.25, 0.3) is 5.56 Å². The number of likely N-dealkylation sites (tertiary alicyclic amines) is 1. The Kier molecular flexibility index (Phi) is 5.19. The zero-order chi connectivity index (χ0) is 19.7. The van der Waals surface area contributed by atoms with Gasteiger partial charge in [-0.15, -0.1) is 0 Å². The molecule has 1 aliphatic rings. The first-order valence-corrected chi connectivity index (χ1v) is 9.83. The van der Waals surface area contributed by atoms with E-state index < -0.39 is 0 Å². The molecule has 7 heteroatoms. The smallest absolute Gasteiger partial charge is 0.258 e. The fraction of sp³-hybridized carbons (Fsp3) is 0.238. The molecule has 0 radical (unpaired) electrons. The van der Waals surface area contributed by atoms with Crippen LogP contribution in [-0.2, 0) is 0 Å². The number of aromatic nitrogens is 1. The van der Waals surface area contributed by atoms with E-state index in [0.29, 0.717) is 16.3 Å². The Morgan fingerprint density at radius 2 is 2.04 bits per heavy atom. The Balaban J connectivity index is 1.57. The van der Waals surface area contributed by atoms with Crippen molar-refractivity contribution in [3.8, 4) is 11.6 Å². The minimum absolute atomic E-state index is 0.204. The van der Waals surface area contributed by atoms with Crippen LogP contribution in [0.4, 0.5) is 5.69 Å². The zero-order valence-electron chi connectivity index (χ0n) is 15.4. The minimum atomic E-state index is -0.337. The van der Waals surface area contributed by atoms with Crippen molar-refractivity contribution in [2.24, 2.45) is 4.99 Å². The number of hydrogen-bond acceptors (Lipinski definition) is 5. The normalized spacial score (nSPS) is 17.6. The Bertz CT molecular complexity index is 1090. The number of likely N-dealkylation sites (N-methyl/N-ethyl adjacent to an activating group) is 1. The Morgan fingerprint density at radius 1 is 1.25 bits per heavy atom. The van der Waals surface area contributed by atoms with E-state index in [9.17, 15) is 9.90 Å². The molecular formula is C21H20BrN3O3. The third kappa shape index (κ3) is 3.95. The Morgan fingerprint density at radius 3 is 2.75 bits per heavy atom. The number of aliphatic imine (C=N–C) groups is 1. The van der Waals surface area contributed by atoms with Crippen LogP contribution in [0.5, 0.6) is 11.6 Å². The standard InChI is InChI=1S/C21H20BrN3O3/c1-25-9-8-16(12-25)28-15-5-3-14(4-6-15)23-11-19-18-10-13(22)2-7-17(18)20(26)24-21(19)27/h2-7,10-11,16H,8-9,12H2,1H3,(H2,24,26,27). The molecule has 1 atom stereocenters. The number of hydrogen-bond donors (Lipinski definition) is 2. The lowest BCUT2D eigenvalue weighted by Gasteiger charge is -2.13. The van der Waals surface area contributed by atoms with Gasteiger partial charge >= 0.3 is 0 Å². The van der Waals surface area contributed by atoms with Crippen molar-refractivity contribution in [3.63, 3.8) is 0 Å². The fourth-order valence-electron chi connectivity index (χ4n) is 3.37. The predicted octanol–water partition coefficient (Wildman–Crippen LogP) is 3.83. The SMILES string of the molecule is CN1CCC(Oc2ccc(N=Cc3c(O)[nH]c(=O)c4ccc(Br)cc34)cc2)C1. The highest BCUT2D eigenvalue weighted by Crippen LogP contribution is 2.26. The summed E-state index contributed by atoms with van der Waals surface area (Å²) in [6.45, 7) is 1.99. The van der Waals surface area contributed by atoms with Gasteiger partial charge in [-0.3, -0.25) is 14.8 Å². The van der Waals surface area contributed by atoms with E-state index in [0.717, 1.165) is 35.4 Å². The summed E-state index contributed by atoms with van der Waals surface area (Å²) in [6.07, 6.45) is 2.81. The number of H-pyrrole nitrogens is 1. The minimum Gasteiger partial charge on any atom is -0.494 e. The van der Waals surface area contributed by atoms with Gasteiger partial charge in [0, 0.05) is 34.5 Å². The van der Waals surface area contributed by atoms with Gasteiger partial charge in [-0.2, -0.15) is 0 Å². The molecule has 1 fully saturated rings. The van der Waals surface area contributed by atoms with Crippen LogP contribution >= 0.6 is 15.9 Å². The van der Waals surface area contributed by atoms with E-state index >= 15 is 0 Å². The number of rotatable bonds is 4. The maximum absolute atomic E-state index is 12.0. The highest BCUT2D eigenvalue weighted by atomic mass is 79.9. The van der Waals surface area contributed by atoms with Crippen LogP contribution in [0.2, 0.25) is 0 Å². The van der Waals surface area contributed by atoms with Crippen LogP contribution in [0, 0.1) is 0 Å². The number of pyridine rings is 1. The van der Waals surface area contributed by atoms with E-state index in [1.807, 2.05) is 24.3 Å². The van der Waals surface area contributed by atoms with E-state index in [4.69, 9.17) is 4.74 Å². The summed E-state index contributed by atoms with van der Waals surface area (Å²) in [4.78, 5) is 21.2. The molecule has 1 aromatic heterocycles. The van der Waals surface area contributed by atoms with Gasteiger partial charge in [0.15, 0.2) is 0 Å². The molecule has 6 nitrogen and oxygen atoms in total. The molecule has 4 rings (SSSR count). The molecule has 28 heavy (non-hydrogen) atoms. The van der Waals surface area contributed by atoms with Gasteiger partial charge in [0.2, 0.25) is 5.88 Å². The van der Waals surface area contributed by atoms with Crippen LogP contribution in [0.25, 0.3) is 10.8 Å².